The fourth-order valence-electron chi connectivity index (χ4n) is 2.54. The molecule has 0 aliphatic carbocycles. The number of aryl methyl sites for hydroxylation is 1. The van der Waals surface area contributed by atoms with E-state index in [1.165, 1.54) is 27.7 Å². The van der Waals surface area contributed by atoms with E-state index in [0.29, 0.717) is 0 Å². The van der Waals surface area contributed by atoms with Crippen LogP contribution in [0.4, 0.5) is 0 Å². The maximum atomic E-state index is 3.58. The Hall–Kier alpha value is -1.24. The Morgan fingerprint density at radius 3 is 2.00 bits per heavy atom. The number of hydrogen-bond acceptors (Lipinski definition) is 0. The Balaban J connectivity index is 2.68. The molecule has 0 aliphatic heterocycles. The van der Waals surface area contributed by atoms with E-state index in [-0.39, 0.29) is 10.8 Å². The minimum absolute atomic E-state index is 0.172. The Bertz CT molecular complexity index is 574. The summed E-state index contributed by atoms with van der Waals surface area (Å²) in [7, 11) is 0. The van der Waals surface area contributed by atoms with Crippen LogP contribution in [0.25, 0.3) is 10.9 Å². The predicted octanol–water partition coefficient (Wildman–Crippen LogP) is 5.07. The number of hydrogen-bond donors (Lipinski definition) is 1. The molecular weight excluding hydrogens is 218 g/mol. The highest BCUT2D eigenvalue weighted by Crippen LogP contribution is 2.33. The third kappa shape index (κ3) is 2.19. The molecule has 98 valence electrons. The van der Waals surface area contributed by atoms with Crippen LogP contribution in [0, 0.1) is 6.92 Å². The number of fused-ring (bicyclic) bond motifs is 1. The molecule has 0 bridgehead atoms. The fraction of sp³-hybridized carbons (Fsp3) is 0.529. The largest absolute Gasteiger partial charge is 0.358 e. The van der Waals surface area contributed by atoms with Gasteiger partial charge in [0.2, 0.25) is 0 Å². The second-order valence-electron chi connectivity index (χ2n) is 7.39. The van der Waals surface area contributed by atoms with Crippen LogP contribution in [-0.2, 0) is 10.8 Å². The lowest BCUT2D eigenvalue weighted by Gasteiger charge is -2.19. The van der Waals surface area contributed by atoms with Crippen LogP contribution in [0.1, 0.15) is 58.4 Å². The lowest BCUT2D eigenvalue weighted by molar-refractivity contribution is 0.570. The first-order valence-electron chi connectivity index (χ1n) is 6.74. The van der Waals surface area contributed by atoms with Crippen molar-refractivity contribution in [3.63, 3.8) is 0 Å². The van der Waals surface area contributed by atoms with Gasteiger partial charge in [-0.3, -0.25) is 0 Å². The normalized spacial score (nSPS) is 13.3. The maximum absolute atomic E-state index is 3.58. The Labute approximate surface area is 111 Å². The number of benzene rings is 1. The molecule has 0 unspecified atom stereocenters. The third-order valence-electron chi connectivity index (χ3n) is 3.67. The standard InChI is InChI=1S/C17H25N/c1-11-13-10-12(16(2,3)4)8-9-14(13)18-15(11)17(5,6)7/h8-10,18H,1-7H3. The van der Waals surface area contributed by atoms with Crippen LogP contribution < -0.4 is 0 Å². The van der Waals surface area contributed by atoms with Gasteiger partial charge in [0.15, 0.2) is 0 Å². The van der Waals surface area contributed by atoms with Crippen LogP contribution in [0.5, 0.6) is 0 Å². The first kappa shape index (κ1) is 13.2. The molecule has 0 spiro atoms. The molecule has 0 radical (unpaired) electrons. The summed E-state index contributed by atoms with van der Waals surface area (Å²) in [5, 5.41) is 1.37. The van der Waals surface area contributed by atoms with Gasteiger partial charge in [0.1, 0.15) is 0 Å². The Morgan fingerprint density at radius 1 is 0.889 bits per heavy atom. The average Bonchev–Trinajstić information content (AvgIpc) is 2.54. The molecule has 1 heteroatoms. The van der Waals surface area contributed by atoms with Crippen molar-refractivity contribution in [2.45, 2.75) is 59.3 Å². The molecule has 0 aliphatic rings. The second kappa shape index (κ2) is 3.88. The summed E-state index contributed by atoms with van der Waals surface area (Å²) in [4.78, 5) is 3.58. The Morgan fingerprint density at radius 2 is 1.50 bits per heavy atom. The lowest BCUT2D eigenvalue weighted by Crippen LogP contribution is -2.12. The zero-order valence-corrected chi connectivity index (χ0v) is 12.7. The van der Waals surface area contributed by atoms with E-state index in [2.05, 4.69) is 71.6 Å². The smallest absolute Gasteiger partial charge is 0.0459 e. The summed E-state index contributed by atoms with van der Waals surface area (Å²) in [5.41, 5.74) is 5.78. The number of rotatable bonds is 0. The molecule has 0 saturated carbocycles. The van der Waals surface area contributed by atoms with Gasteiger partial charge in [0, 0.05) is 22.0 Å². The van der Waals surface area contributed by atoms with Gasteiger partial charge in [-0.1, -0.05) is 47.6 Å². The fourth-order valence-corrected chi connectivity index (χ4v) is 2.54. The van der Waals surface area contributed by atoms with Crippen LogP contribution in [0.15, 0.2) is 18.2 Å². The molecule has 18 heavy (non-hydrogen) atoms. The molecule has 0 fully saturated rings. The van der Waals surface area contributed by atoms with E-state index in [4.69, 9.17) is 0 Å². The van der Waals surface area contributed by atoms with Crippen LogP contribution >= 0.6 is 0 Å². The second-order valence-corrected chi connectivity index (χ2v) is 7.39. The third-order valence-corrected chi connectivity index (χ3v) is 3.67. The van der Waals surface area contributed by atoms with E-state index < -0.39 is 0 Å². The van der Waals surface area contributed by atoms with E-state index in [1.807, 2.05) is 0 Å². The summed E-state index contributed by atoms with van der Waals surface area (Å²) in [6.45, 7) is 15.8. The van der Waals surface area contributed by atoms with Gasteiger partial charge >= 0.3 is 0 Å². The summed E-state index contributed by atoms with van der Waals surface area (Å²) < 4.78 is 0. The number of aromatic nitrogens is 1. The SMILES string of the molecule is Cc1c(C(C)(C)C)[nH]c2ccc(C(C)(C)C)cc12. The van der Waals surface area contributed by atoms with Crippen LogP contribution in [0.3, 0.4) is 0 Å². The van der Waals surface area contributed by atoms with Crippen molar-refractivity contribution < 1.29 is 0 Å². The average molecular weight is 243 g/mol. The number of nitrogens with one attached hydrogen (secondary N) is 1. The molecule has 0 saturated heterocycles. The molecule has 2 aromatic rings. The highest BCUT2D eigenvalue weighted by molar-refractivity contribution is 5.85. The predicted molar refractivity (Wildman–Crippen MR) is 80.4 cm³/mol. The van der Waals surface area contributed by atoms with Gasteiger partial charge < -0.3 is 4.98 Å². The summed E-state index contributed by atoms with van der Waals surface area (Å²) >= 11 is 0. The van der Waals surface area contributed by atoms with Crippen molar-refractivity contribution in [3.8, 4) is 0 Å². The number of aromatic amines is 1. The van der Waals surface area contributed by atoms with Crippen molar-refractivity contribution in [3.05, 3.63) is 35.0 Å². The molecule has 1 aromatic heterocycles. The highest BCUT2D eigenvalue weighted by atomic mass is 14.7. The zero-order valence-electron chi connectivity index (χ0n) is 12.7. The van der Waals surface area contributed by atoms with E-state index in [9.17, 15) is 0 Å². The van der Waals surface area contributed by atoms with Gasteiger partial charge in [0.25, 0.3) is 0 Å². The summed E-state index contributed by atoms with van der Waals surface area (Å²) in [5.74, 6) is 0. The Kier molecular flexibility index (Phi) is 2.84. The van der Waals surface area contributed by atoms with Crippen molar-refractivity contribution >= 4 is 10.9 Å². The minimum atomic E-state index is 0.172. The molecule has 1 aromatic carbocycles. The monoisotopic (exact) mass is 243 g/mol. The van der Waals surface area contributed by atoms with Crippen molar-refractivity contribution in [1.29, 1.82) is 0 Å². The van der Waals surface area contributed by atoms with Gasteiger partial charge in [-0.25, -0.2) is 0 Å². The summed E-state index contributed by atoms with van der Waals surface area (Å²) in [6, 6.07) is 6.80. The zero-order chi connectivity index (χ0) is 13.7. The van der Waals surface area contributed by atoms with Crippen LogP contribution in [-0.4, -0.2) is 4.98 Å². The molecule has 0 atom stereocenters. The maximum Gasteiger partial charge on any atom is 0.0459 e. The molecule has 1 nitrogen and oxygen atoms in total. The summed E-state index contributed by atoms with van der Waals surface area (Å²) in [6.07, 6.45) is 0. The van der Waals surface area contributed by atoms with E-state index in [0.717, 1.165) is 0 Å². The first-order chi connectivity index (χ1) is 8.10. The van der Waals surface area contributed by atoms with Gasteiger partial charge in [-0.05, 0) is 35.6 Å². The van der Waals surface area contributed by atoms with Gasteiger partial charge in [-0.2, -0.15) is 0 Å². The lowest BCUT2D eigenvalue weighted by atomic mass is 9.85. The molecule has 1 heterocycles. The number of H-pyrrole nitrogens is 1. The molecule has 1 N–H and O–H groups in total. The minimum Gasteiger partial charge on any atom is -0.358 e. The topological polar surface area (TPSA) is 15.8 Å². The molecular formula is C17H25N. The van der Waals surface area contributed by atoms with Crippen molar-refractivity contribution in [2.24, 2.45) is 0 Å². The molecule has 2 rings (SSSR count). The first-order valence-corrected chi connectivity index (χ1v) is 6.74. The van der Waals surface area contributed by atoms with Crippen molar-refractivity contribution in [1.82, 2.24) is 4.98 Å². The van der Waals surface area contributed by atoms with Crippen LogP contribution in [0.2, 0.25) is 0 Å². The molecule has 0 amide bonds. The van der Waals surface area contributed by atoms with E-state index >= 15 is 0 Å². The van der Waals surface area contributed by atoms with Gasteiger partial charge in [-0.15, -0.1) is 0 Å². The van der Waals surface area contributed by atoms with Gasteiger partial charge in [0.05, 0.1) is 0 Å². The van der Waals surface area contributed by atoms with E-state index in [1.54, 1.807) is 0 Å². The highest BCUT2D eigenvalue weighted by Gasteiger charge is 2.21. The van der Waals surface area contributed by atoms with Crippen molar-refractivity contribution in [2.75, 3.05) is 0 Å². The quantitative estimate of drug-likeness (QED) is 0.665.